The maximum absolute atomic E-state index is 10.8. The summed E-state index contributed by atoms with van der Waals surface area (Å²) in [5.74, 6) is 0.0160. The van der Waals surface area contributed by atoms with Gasteiger partial charge in [-0.25, -0.2) is 0 Å². The third-order valence-electron chi connectivity index (χ3n) is 2.20. The van der Waals surface area contributed by atoms with Crippen molar-refractivity contribution < 1.29 is 14.6 Å². The Hall–Kier alpha value is -1.25. The quantitative estimate of drug-likeness (QED) is 0.590. The van der Waals surface area contributed by atoms with Crippen molar-refractivity contribution in [2.45, 2.75) is 31.9 Å². The van der Waals surface area contributed by atoms with Gasteiger partial charge in [-0.05, 0) is 13.8 Å². The molecule has 0 saturated carbocycles. The minimum Gasteiger partial charge on any atom is -0.473 e. The number of aliphatic hydroxyl groups is 1. The summed E-state index contributed by atoms with van der Waals surface area (Å²) in [6, 6.07) is 0. The van der Waals surface area contributed by atoms with Gasteiger partial charge in [-0.1, -0.05) is 0 Å². The summed E-state index contributed by atoms with van der Waals surface area (Å²) in [7, 11) is 0. The van der Waals surface area contributed by atoms with Crippen molar-refractivity contribution >= 4 is 17.6 Å². The fraction of sp³-hybridized carbons (Fsp3) is 0.700. The number of carbonyl (C=O) groups excluding carboxylic acids is 1. The molecule has 8 heteroatoms. The Morgan fingerprint density at radius 1 is 1.72 bits per heavy atom. The number of β-amino-alcohol motifs (C(OH)–C–C–N with tert-alkyl or cyclic N) is 1. The molecule has 0 aliphatic rings. The summed E-state index contributed by atoms with van der Waals surface area (Å²) in [6.07, 6.45) is 0.997. The van der Waals surface area contributed by atoms with Gasteiger partial charge in [0.2, 0.25) is 11.8 Å². The summed E-state index contributed by atoms with van der Waals surface area (Å²) in [5, 5.41) is 12.8. The van der Waals surface area contributed by atoms with Crippen LogP contribution in [0.3, 0.4) is 0 Å². The van der Waals surface area contributed by atoms with E-state index in [1.165, 1.54) is 6.20 Å². The average molecular weight is 274 g/mol. The number of rotatable bonds is 8. The molecule has 0 saturated heterocycles. The molecular formula is C10H18N4O3S. The smallest absolute Gasteiger partial charge is 0.245 e. The molecule has 0 aliphatic carbocycles. The molecule has 1 atom stereocenters. The number of nitrogens with two attached hydrogens (primary N) is 1. The van der Waals surface area contributed by atoms with Crippen LogP contribution in [0, 0.1) is 0 Å². The number of hydrogen-bond acceptors (Lipinski definition) is 7. The lowest BCUT2D eigenvalue weighted by Gasteiger charge is -2.26. The van der Waals surface area contributed by atoms with Gasteiger partial charge in [0.05, 0.1) is 11.7 Å². The molecule has 1 aromatic heterocycles. The van der Waals surface area contributed by atoms with E-state index in [4.69, 9.17) is 10.5 Å². The summed E-state index contributed by atoms with van der Waals surface area (Å²) >= 11 is 1.04. The summed E-state index contributed by atoms with van der Waals surface area (Å²) < 4.78 is 12.8. The summed E-state index contributed by atoms with van der Waals surface area (Å²) in [5.41, 5.74) is 4.68. The second-order valence-electron chi connectivity index (χ2n) is 4.62. The molecule has 0 aromatic carbocycles. The van der Waals surface area contributed by atoms with Crippen LogP contribution >= 0.6 is 11.7 Å². The normalized spacial score (nSPS) is 13.3. The summed E-state index contributed by atoms with van der Waals surface area (Å²) in [6.45, 7) is 4.11. The summed E-state index contributed by atoms with van der Waals surface area (Å²) in [4.78, 5) is 10.8. The number of nitrogens with zero attached hydrogens (tertiary/aromatic N) is 2. The molecular weight excluding hydrogens is 256 g/mol. The van der Waals surface area contributed by atoms with Crippen LogP contribution in [0.15, 0.2) is 6.20 Å². The van der Waals surface area contributed by atoms with Gasteiger partial charge >= 0.3 is 0 Å². The monoisotopic (exact) mass is 274 g/mol. The van der Waals surface area contributed by atoms with E-state index in [1.54, 1.807) is 0 Å². The van der Waals surface area contributed by atoms with E-state index in [-0.39, 0.29) is 18.9 Å². The fourth-order valence-electron chi connectivity index (χ4n) is 1.35. The molecule has 0 radical (unpaired) electrons. The molecule has 102 valence electrons. The van der Waals surface area contributed by atoms with Crippen LogP contribution in [0.5, 0.6) is 5.88 Å². The van der Waals surface area contributed by atoms with Gasteiger partial charge in [-0.3, -0.25) is 4.79 Å². The van der Waals surface area contributed by atoms with Crippen LogP contribution < -0.4 is 15.8 Å². The largest absolute Gasteiger partial charge is 0.473 e. The Kier molecular flexibility index (Phi) is 5.45. The second kappa shape index (κ2) is 6.62. The standard InChI is InChI=1S/C10H18N4O3S/c1-10(2,3-8(11)16)12-4-7(15)6-17-9-5-13-18-14-9/h5,7,12,15H,3-4,6H2,1-2H3,(H2,11,16). The number of hydrogen-bond donors (Lipinski definition) is 3. The topological polar surface area (TPSA) is 110 Å². The van der Waals surface area contributed by atoms with Crippen molar-refractivity contribution in [3.05, 3.63) is 6.20 Å². The number of aromatic nitrogens is 2. The van der Waals surface area contributed by atoms with Crippen molar-refractivity contribution in [1.29, 1.82) is 0 Å². The highest BCUT2D eigenvalue weighted by molar-refractivity contribution is 6.99. The molecule has 4 N–H and O–H groups in total. The lowest BCUT2D eigenvalue weighted by molar-refractivity contribution is -0.119. The zero-order valence-corrected chi connectivity index (χ0v) is 11.2. The Morgan fingerprint density at radius 2 is 2.44 bits per heavy atom. The molecule has 1 amide bonds. The molecule has 1 rings (SSSR count). The minimum absolute atomic E-state index is 0.116. The Bertz CT molecular complexity index is 369. The first-order valence-corrected chi connectivity index (χ1v) is 6.24. The SMILES string of the molecule is CC(C)(CC(N)=O)NCC(O)COc1cnsn1. The van der Waals surface area contributed by atoms with E-state index in [9.17, 15) is 9.90 Å². The predicted molar refractivity (Wildman–Crippen MR) is 67.3 cm³/mol. The van der Waals surface area contributed by atoms with Crippen LogP contribution in [-0.2, 0) is 4.79 Å². The van der Waals surface area contributed by atoms with Gasteiger partial charge in [0.1, 0.15) is 18.9 Å². The first-order valence-electron chi connectivity index (χ1n) is 5.51. The van der Waals surface area contributed by atoms with Gasteiger partial charge in [0.25, 0.3) is 0 Å². The van der Waals surface area contributed by atoms with Crippen LogP contribution in [0.25, 0.3) is 0 Å². The van der Waals surface area contributed by atoms with Crippen molar-refractivity contribution in [1.82, 2.24) is 14.1 Å². The number of primary amides is 1. The minimum atomic E-state index is -0.696. The van der Waals surface area contributed by atoms with Crippen LogP contribution in [0.4, 0.5) is 0 Å². The van der Waals surface area contributed by atoms with E-state index < -0.39 is 11.6 Å². The van der Waals surface area contributed by atoms with E-state index >= 15 is 0 Å². The van der Waals surface area contributed by atoms with Gasteiger partial charge in [0.15, 0.2) is 0 Å². The zero-order chi connectivity index (χ0) is 13.6. The lowest BCUT2D eigenvalue weighted by atomic mass is 10.0. The fourth-order valence-corrected chi connectivity index (χ4v) is 1.72. The Balaban J connectivity index is 2.23. The molecule has 7 nitrogen and oxygen atoms in total. The van der Waals surface area contributed by atoms with Crippen molar-refractivity contribution in [3.63, 3.8) is 0 Å². The number of aliphatic hydroxyl groups excluding tert-OH is 1. The zero-order valence-electron chi connectivity index (χ0n) is 10.4. The number of amides is 1. The highest BCUT2D eigenvalue weighted by Gasteiger charge is 2.21. The third-order valence-corrected chi connectivity index (χ3v) is 2.66. The third kappa shape index (κ3) is 5.89. The Morgan fingerprint density at radius 3 is 3.00 bits per heavy atom. The Labute approximate surface area is 110 Å². The second-order valence-corrected chi connectivity index (χ2v) is 5.18. The number of nitrogens with one attached hydrogen (secondary N) is 1. The maximum Gasteiger partial charge on any atom is 0.245 e. The average Bonchev–Trinajstić information content (AvgIpc) is 2.74. The molecule has 0 aliphatic heterocycles. The van der Waals surface area contributed by atoms with Crippen LogP contribution in [0.1, 0.15) is 20.3 Å². The van der Waals surface area contributed by atoms with E-state index in [1.807, 2.05) is 13.8 Å². The van der Waals surface area contributed by atoms with Gasteiger partial charge < -0.3 is 20.9 Å². The highest BCUT2D eigenvalue weighted by atomic mass is 32.1. The molecule has 1 unspecified atom stereocenters. The van der Waals surface area contributed by atoms with E-state index in [2.05, 4.69) is 14.1 Å². The van der Waals surface area contributed by atoms with E-state index in [0.717, 1.165) is 11.7 Å². The molecule has 0 bridgehead atoms. The van der Waals surface area contributed by atoms with E-state index in [0.29, 0.717) is 12.4 Å². The van der Waals surface area contributed by atoms with Gasteiger partial charge in [-0.2, -0.15) is 4.37 Å². The molecule has 0 spiro atoms. The predicted octanol–water partition coefficient (Wildman–Crippen LogP) is -0.479. The van der Waals surface area contributed by atoms with Crippen molar-refractivity contribution in [2.24, 2.45) is 5.73 Å². The van der Waals surface area contributed by atoms with Gasteiger partial charge in [-0.15, -0.1) is 4.37 Å². The van der Waals surface area contributed by atoms with Gasteiger partial charge in [0, 0.05) is 18.5 Å². The molecule has 1 heterocycles. The molecule has 1 aromatic rings. The van der Waals surface area contributed by atoms with Crippen LogP contribution in [-0.4, -0.2) is 44.6 Å². The lowest BCUT2D eigenvalue weighted by Crippen LogP contribution is -2.46. The van der Waals surface area contributed by atoms with Crippen molar-refractivity contribution in [3.8, 4) is 5.88 Å². The molecule has 0 fully saturated rings. The van der Waals surface area contributed by atoms with Crippen LogP contribution in [0.2, 0.25) is 0 Å². The maximum atomic E-state index is 10.8. The van der Waals surface area contributed by atoms with Crippen molar-refractivity contribution in [2.75, 3.05) is 13.2 Å². The molecule has 18 heavy (non-hydrogen) atoms. The highest BCUT2D eigenvalue weighted by Crippen LogP contribution is 2.08. The number of ether oxygens (including phenoxy) is 1. The number of carbonyl (C=O) groups is 1. The first kappa shape index (κ1) is 14.8. The first-order chi connectivity index (χ1) is 8.39.